The molecule has 0 aromatic rings. The van der Waals surface area contributed by atoms with Crippen molar-refractivity contribution in [1.29, 1.82) is 0 Å². The van der Waals surface area contributed by atoms with Gasteiger partial charge in [-0.1, -0.05) is 0 Å². The highest BCUT2D eigenvalue weighted by Gasteiger charge is 2.08. The molecule has 0 rings (SSSR count). The molecule has 0 aromatic carbocycles. The molecule has 0 fully saturated rings. The van der Waals surface area contributed by atoms with E-state index < -0.39 is 16.2 Å². The summed E-state index contributed by atoms with van der Waals surface area (Å²) in [5, 5.41) is 0. The van der Waals surface area contributed by atoms with Crippen molar-refractivity contribution in [2.75, 3.05) is 0 Å². The van der Waals surface area contributed by atoms with Crippen LogP contribution in [0.3, 0.4) is 0 Å². The van der Waals surface area contributed by atoms with E-state index in [0.717, 1.165) is 0 Å². The van der Waals surface area contributed by atoms with Gasteiger partial charge in [0.2, 0.25) is 0 Å². The van der Waals surface area contributed by atoms with E-state index in [1.165, 1.54) is 0 Å². The molecule has 0 atom stereocenters. The van der Waals surface area contributed by atoms with Crippen molar-refractivity contribution in [3.05, 3.63) is 0 Å². The average molecular weight is 126 g/mol. The van der Waals surface area contributed by atoms with Crippen molar-refractivity contribution >= 4 is 16.2 Å². The van der Waals surface area contributed by atoms with Gasteiger partial charge in [-0.05, 0) is 0 Å². The molecule has 0 aliphatic carbocycles. The molecule has 2 N–H and O–H groups in total. The van der Waals surface area contributed by atoms with Crippen molar-refractivity contribution in [2.45, 2.75) is 0 Å². The van der Waals surface area contributed by atoms with Crippen LogP contribution in [0.1, 0.15) is 0 Å². The van der Waals surface area contributed by atoms with E-state index in [9.17, 15) is 9.03 Å². The summed E-state index contributed by atoms with van der Waals surface area (Å²) in [6, 6.07) is 0. The van der Waals surface area contributed by atoms with Gasteiger partial charge >= 0.3 is 16.2 Å². The normalized spacial score (nSPS) is 11.0. The maximum atomic E-state index is 9.42. The molecule has 0 aliphatic heterocycles. The third kappa shape index (κ3) is 4.17. The maximum absolute atomic E-state index is 9.42. The standard InChI is InChI=1S/H3O4PSi/c1-5(2,3)6-4/h6H,(H2,1,2,3). The average Bonchev–Trinajstić information content (AvgIpc) is 1.35. The zero-order valence-corrected chi connectivity index (χ0v) is 4.78. The Morgan fingerprint density at radius 1 is 1.50 bits per heavy atom. The monoisotopic (exact) mass is 126 g/mol. The third-order valence-corrected chi connectivity index (χ3v) is 1.24. The molecule has 0 saturated carbocycles. The summed E-state index contributed by atoms with van der Waals surface area (Å²) >= 11 is 0. The summed E-state index contributed by atoms with van der Waals surface area (Å²) in [5.74, 6) is 0. The first-order chi connectivity index (χ1) is 2.56. The molecule has 0 aromatic heterocycles. The van der Waals surface area contributed by atoms with Crippen LogP contribution in [-0.2, 0) is 9.03 Å². The topological polar surface area (TPSA) is 74.6 Å². The van der Waals surface area contributed by atoms with Crippen LogP contribution in [0.25, 0.3) is 0 Å². The Balaban J connectivity index is 3.81. The predicted molar refractivity (Wildman–Crippen MR) is 19.9 cm³/mol. The van der Waals surface area contributed by atoms with Crippen LogP contribution in [0.5, 0.6) is 0 Å². The third-order valence-electron chi connectivity index (χ3n) is 0.137. The first kappa shape index (κ1) is 6.17. The van der Waals surface area contributed by atoms with Gasteiger partial charge in [-0.15, -0.1) is 0 Å². The fraction of sp³-hybridized carbons (Fsp3) is 0. The van der Waals surface area contributed by atoms with Gasteiger partial charge in [0.1, 0.15) is 0 Å². The Bertz CT molecular complexity index is 89.7. The molecule has 0 spiro atoms. The van der Waals surface area contributed by atoms with Crippen LogP contribution >= 0.6 is 7.14 Å². The lowest BCUT2D eigenvalue weighted by Crippen LogP contribution is -1.75. The molecule has 6 heavy (non-hydrogen) atoms. The van der Waals surface area contributed by atoms with Gasteiger partial charge in [-0.25, -0.2) is 0 Å². The van der Waals surface area contributed by atoms with E-state index in [1.54, 1.807) is 0 Å². The number of hydrogen-bond donors (Lipinski definition) is 2. The van der Waals surface area contributed by atoms with E-state index in [-0.39, 0.29) is 0 Å². The SMILES string of the molecule is O=[SiH]P(=O)(O)O. The predicted octanol–water partition coefficient (Wildman–Crippen LogP) is -1.14. The minimum atomic E-state index is -4.12. The van der Waals surface area contributed by atoms with E-state index in [0.29, 0.717) is 0 Å². The van der Waals surface area contributed by atoms with Gasteiger partial charge in [0.05, 0.1) is 0 Å². The van der Waals surface area contributed by atoms with Crippen molar-refractivity contribution in [3.8, 4) is 0 Å². The Hall–Kier alpha value is 0.167. The van der Waals surface area contributed by atoms with E-state index in [2.05, 4.69) is 0 Å². The lowest BCUT2D eigenvalue weighted by Gasteiger charge is -1.83. The summed E-state index contributed by atoms with van der Waals surface area (Å²) < 4.78 is 18.7. The molecule has 36 valence electrons. The van der Waals surface area contributed by atoms with Gasteiger partial charge < -0.3 is 14.2 Å². The van der Waals surface area contributed by atoms with Crippen LogP contribution in [0.15, 0.2) is 0 Å². The second-order valence-electron chi connectivity index (χ2n) is 0.695. The second kappa shape index (κ2) is 1.75. The minimum Gasteiger partial charge on any atom is -0.377 e. The largest absolute Gasteiger partial charge is 0.395 e. The molecule has 0 saturated heterocycles. The Morgan fingerprint density at radius 2 is 1.67 bits per heavy atom. The maximum Gasteiger partial charge on any atom is 0.395 e. The first-order valence-electron chi connectivity index (χ1n) is 1.08. The van der Waals surface area contributed by atoms with E-state index >= 15 is 0 Å². The van der Waals surface area contributed by atoms with Crippen LogP contribution in [-0.4, -0.2) is 18.9 Å². The van der Waals surface area contributed by atoms with E-state index in [4.69, 9.17) is 9.79 Å². The lowest BCUT2D eigenvalue weighted by molar-refractivity contribution is 0.389. The summed E-state index contributed by atoms with van der Waals surface area (Å²) in [6.07, 6.45) is 0. The van der Waals surface area contributed by atoms with Gasteiger partial charge in [0.15, 0.2) is 0 Å². The smallest absolute Gasteiger partial charge is 0.377 e. The van der Waals surface area contributed by atoms with Gasteiger partial charge in [0.25, 0.3) is 0 Å². The summed E-state index contributed by atoms with van der Waals surface area (Å²) in [6.45, 7) is 0. The van der Waals surface area contributed by atoms with Crippen LogP contribution in [0.4, 0.5) is 0 Å². The highest BCUT2D eigenvalue weighted by atomic mass is 31.4. The van der Waals surface area contributed by atoms with Gasteiger partial charge in [0, 0.05) is 0 Å². The van der Waals surface area contributed by atoms with Crippen LogP contribution in [0, 0.1) is 0 Å². The molecular formula is H3O4PSi. The molecule has 4 nitrogen and oxygen atoms in total. The van der Waals surface area contributed by atoms with Crippen molar-refractivity contribution in [1.82, 2.24) is 0 Å². The van der Waals surface area contributed by atoms with Crippen molar-refractivity contribution in [3.63, 3.8) is 0 Å². The molecule has 0 radical (unpaired) electrons. The Morgan fingerprint density at radius 3 is 1.67 bits per heavy atom. The fourth-order valence-corrected chi connectivity index (χ4v) is 0. The van der Waals surface area contributed by atoms with Crippen molar-refractivity contribution in [2.24, 2.45) is 0 Å². The highest BCUT2D eigenvalue weighted by Crippen LogP contribution is 2.27. The minimum absolute atomic E-state index is 1.92. The zero-order chi connectivity index (χ0) is 5.21. The Kier molecular flexibility index (Phi) is 1.80. The summed E-state index contributed by atoms with van der Waals surface area (Å²) in [7, 11) is -6.04. The molecule has 0 aliphatic rings. The van der Waals surface area contributed by atoms with Gasteiger partial charge in [-0.3, -0.25) is 4.57 Å². The van der Waals surface area contributed by atoms with Crippen LogP contribution in [0.2, 0.25) is 0 Å². The van der Waals surface area contributed by atoms with Gasteiger partial charge in [-0.2, -0.15) is 0 Å². The lowest BCUT2D eigenvalue weighted by atomic mass is 15.8. The highest BCUT2D eigenvalue weighted by molar-refractivity contribution is 7.79. The van der Waals surface area contributed by atoms with Crippen LogP contribution < -0.4 is 0 Å². The molecule has 0 amide bonds. The molecule has 0 bridgehead atoms. The Labute approximate surface area is 36.1 Å². The summed E-state index contributed by atoms with van der Waals surface area (Å²) in [4.78, 5) is 15.3. The molecule has 6 heteroatoms. The van der Waals surface area contributed by atoms with Crippen molar-refractivity contribution < 1.29 is 18.8 Å². The molecular weight excluding hydrogens is 123 g/mol. The quantitative estimate of drug-likeness (QED) is 0.344. The first-order valence-corrected chi connectivity index (χ1v) is 4.78. The molecule has 0 unspecified atom stereocenters. The number of hydrogen-bond acceptors (Lipinski definition) is 2. The summed E-state index contributed by atoms with van der Waals surface area (Å²) in [5.41, 5.74) is 0. The fourth-order valence-electron chi connectivity index (χ4n) is 0. The second-order valence-corrected chi connectivity index (χ2v) is 4.73. The van der Waals surface area contributed by atoms with E-state index in [1.807, 2.05) is 0 Å². The molecule has 0 heterocycles. The number of rotatable bonds is 1. The zero-order valence-electron chi connectivity index (χ0n) is 2.74.